The smallest absolute Gasteiger partial charge is 0.332 e. The molecule has 0 saturated heterocycles. The van der Waals surface area contributed by atoms with Crippen LogP contribution in [-0.2, 0) is 18.9 Å². The Morgan fingerprint density at radius 2 is 1.93 bits per heavy atom. The lowest BCUT2D eigenvalue weighted by Gasteiger charge is -2.12. The maximum Gasteiger partial charge on any atom is 0.332 e. The fraction of sp³-hybridized carbons (Fsp3) is 0.200. The van der Waals surface area contributed by atoms with Crippen molar-refractivity contribution in [1.29, 1.82) is 0 Å². The molecule has 1 aliphatic rings. The molecule has 1 aliphatic heterocycles. The number of amides is 1. The summed E-state index contributed by atoms with van der Waals surface area (Å²) in [5.41, 5.74) is 0.899. The van der Waals surface area contributed by atoms with Crippen molar-refractivity contribution in [1.82, 2.24) is 14.1 Å². The van der Waals surface area contributed by atoms with Crippen LogP contribution in [0.5, 0.6) is 11.5 Å². The summed E-state index contributed by atoms with van der Waals surface area (Å²) in [6.07, 6.45) is 4.50. The van der Waals surface area contributed by atoms with Crippen LogP contribution in [0.4, 0.5) is 5.69 Å². The van der Waals surface area contributed by atoms with Gasteiger partial charge in [-0.1, -0.05) is 6.07 Å². The minimum absolute atomic E-state index is 0.175. The maximum atomic E-state index is 12.7. The molecular weight excluding hydrogens is 376 g/mol. The van der Waals surface area contributed by atoms with Crippen molar-refractivity contribution < 1.29 is 14.3 Å². The Bertz CT molecular complexity index is 1300. The third-order valence-electron chi connectivity index (χ3n) is 4.73. The van der Waals surface area contributed by atoms with Gasteiger partial charge in [0.1, 0.15) is 5.39 Å². The molecule has 148 valence electrons. The zero-order valence-corrected chi connectivity index (χ0v) is 16.1. The molecule has 29 heavy (non-hydrogen) atoms. The van der Waals surface area contributed by atoms with Crippen molar-refractivity contribution in [2.24, 2.45) is 14.1 Å². The van der Waals surface area contributed by atoms with E-state index in [1.165, 1.54) is 30.9 Å². The van der Waals surface area contributed by atoms with Crippen LogP contribution in [0.3, 0.4) is 0 Å². The highest BCUT2D eigenvalue weighted by Crippen LogP contribution is 2.32. The molecule has 9 nitrogen and oxygen atoms in total. The first-order valence-corrected chi connectivity index (χ1v) is 8.81. The summed E-state index contributed by atoms with van der Waals surface area (Å²) in [4.78, 5) is 41.5. The number of aromatic nitrogens is 3. The van der Waals surface area contributed by atoms with E-state index in [4.69, 9.17) is 9.47 Å². The number of nitrogens with one attached hydrogen (secondary N) is 1. The van der Waals surface area contributed by atoms with Crippen molar-refractivity contribution in [2.45, 2.75) is 6.92 Å². The van der Waals surface area contributed by atoms with Gasteiger partial charge in [0.15, 0.2) is 17.1 Å². The lowest BCUT2D eigenvalue weighted by atomic mass is 10.1. The summed E-state index contributed by atoms with van der Waals surface area (Å²) in [5, 5.41) is 2.92. The molecule has 0 unspecified atom stereocenters. The predicted octanol–water partition coefficient (Wildman–Crippen LogP) is 1.32. The summed E-state index contributed by atoms with van der Waals surface area (Å²) >= 11 is 0. The Kier molecular flexibility index (Phi) is 4.42. The highest BCUT2D eigenvalue weighted by Gasteiger charge is 2.17. The monoisotopic (exact) mass is 394 g/mol. The quantitative estimate of drug-likeness (QED) is 0.672. The molecule has 3 aromatic rings. The Labute approximate surface area is 164 Å². The van der Waals surface area contributed by atoms with E-state index < -0.39 is 17.2 Å². The molecule has 0 fully saturated rings. The van der Waals surface area contributed by atoms with Crippen LogP contribution in [0.2, 0.25) is 0 Å². The van der Waals surface area contributed by atoms with Crippen molar-refractivity contribution in [2.75, 3.05) is 12.1 Å². The second-order valence-corrected chi connectivity index (χ2v) is 6.66. The zero-order chi connectivity index (χ0) is 20.7. The molecule has 1 aromatic carbocycles. The number of carbonyl (C=O) groups excluding carboxylic acids is 1. The van der Waals surface area contributed by atoms with Crippen LogP contribution in [0, 0.1) is 6.92 Å². The van der Waals surface area contributed by atoms with Crippen LogP contribution >= 0.6 is 0 Å². The number of pyridine rings is 1. The van der Waals surface area contributed by atoms with Crippen molar-refractivity contribution in [3.8, 4) is 11.5 Å². The number of carbonyl (C=O) groups is 1. The lowest BCUT2D eigenvalue weighted by molar-refractivity contribution is -0.111. The van der Waals surface area contributed by atoms with Gasteiger partial charge in [-0.15, -0.1) is 0 Å². The van der Waals surface area contributed by atoms with E-state index in [0.29, 0.717) is 22.7 Å². The third kappa shape index (κ3) is 3.16. The first-order valence-electron chi connectivity index (χ1n) is 8.81. The summed E-state index contributed by atoms with van der Waals surface area (Å²) in [6, 6.07) is 5.34. The summed E-state index contributed by atoms with van der Waals surface area (Å²) in [5.74, 6) is 0.856. The van der Waals surface area contributed by atoms with Gasteiger partial charge in [0, 0.05) is 26.4 Å². The molecule has 1 N–H and O–H groups in total. The molecule has 0 aliphatic carbocycles. The molecular formula is C20H18N4O5. The summed E-state index contributed by atoms with van der Waals surface area (Å²) < 4.78 is 12.8. The Morgan fingerprint density at radius 3 is 2.72 bits per heavy atom. The largest absolute Gasteiger partial charge is 0.454 e. The van der Waals surface area contributed by atoms with Gasteiger partial charge in [-0.2, -0.15) is 0 Å². The minimum atomic E-state index is -0.519. The molecule has 4 rings (SSSR count). The number of fused-ring (bicyclic) bond motifs is 2. The van der Waals surface area contributed by atoms with Crippen LogP contribution in [-0.4, -0.2) is 26.8 Å². The molecule has 0 bridgehead atoms. The van der Waals surface area contributed by atoms with Crippen LogP contribution in [0.25, 0.3) is 17.1 Å². The maximum absolute atomic E-state index is 12.7. The van der Waals surface area contributed by atoms with Gasteiger partial charge in [-0.05, 0) is 36.3 Å². The van der Waals surface area contributed by atoms with E-state index in [0.717, 1.165) is 10.1 Å². The Hall–Kier alpha value is -3.88. The average molecular weight is 394 g/mol. The van der Waals surface area contributed by atoms with Crippen LogP contribution in [0.1, 0.15) is 11.1 Å². The zero-order valence-electron chi connectivity index (χ0n) is 16.1. The van der Waals surface area contributed by atoms with Gasteiger partial charge in [0.2, 0.25) is 12.7 Å². The van der Waals surface area contributed by atoms with Gasteiger partial charge < -0.3 is 14.8 Å². The molecule has 0 atom stereocenters. The van der Waals surface area contributed by atoms with Gasteiger partial charge in [-0.25, -0.2) is 9.78 Å². The number of hydrogen-bond donors (Lipinski definition) is 1. The fourth-order valence-electron chi connectivity index (χ4n) is 3.14. The van der Waals surface area contributed by atoms with Crippen LogP contribution < -0.4 is 26.0 Å². The number of nitrogens with zero attached hydrogens (tertiary/aromatic N) is 3. The Balaban J connectivity index is 1.69. The normalized spacial score (nSPS) is 12.7. The number of hydrogen-bond acceptors (Lipinski definition) is 6. The highest BCUT2D eigenvalue weighted by atomic mass is 16.7. The lowest BCUT2D eigenvalue weighted by Crippen LogP contribution is -2.37. The molecule has 3 heterocycles. The Morgan fingerprint density at radius 1 is 1.17 bits per heavy atom. The highest BCUT2D eigenvalue weighted by molar-refractivity contribution is 6.07. The average Bonchev–Trinajstić information content (AvgIpc) is 3.18. The SMILES string of the molecule is Cc1cnc2c(c1NC(=O)/C=C\c1ccc3c(c1)OCO3)c(=O)n(C)c(=O)n2C. The van der Waals surface area contributed by atoms with Gasteiger partial charge in [-0.3, -0.25) is 18.7 Å². The van der Waals surface area contributed by atoms with Crippen molar-refractivity contribution in [3.63, 3.8) is 0 Å². The number of benzene rings is 1. The standard InChI is InChI=1S/C20H18N4O5/c1-11-9-21-18-16(19(26)24(3)20(27)23(18)2)17(11)22-15(25)7-5-12-4-6-13-14(8-12)29-10-28-13/h4-9H,10H2,1-3H3,(H,21,22,25)/b7-5-. The summed E-state index contributed by atoms with van der Waals surface area (Å²) in [6.45, 7) is 1.91. The van der Waals surface area contributed by atoms with Gasteiger partial charge >= 0.3 is 5.69 Å². The topological polar surface area (TPSA) is 104 Å². The molecule has 0 saturated carbocycles. The van der Waals surface area contributed by atoms with Gasteiger partial charge in [0.05, 0.1) is 5.69 Å². The third-order valence-corrected chi connectivity index (χ3v) is 4.73. The molecule has 1 amide bonds. The molecule has 2 aromatic heterocycles. The first-order chi connectivity index (χ1) is 13.9. The van der Waals surface area contributed by atoms with E-state index in [2.05, 4.69) is 10.3 Å². The number of ether oxygens (including phenoxy) is 2. The van der Waals surface area contributed by atoms with Crippen LogP contribution in [0.15, 0.2) is 40.1 Å². The van der Waals surface area contributed by atoms with Gasteiger partial charge in [0.25, 0.3) is 5.56 Å². The first kappa shape index (κ1) is 18.5. The fourth-order valence-corrected chi connectivity index (χ4v) is 3.14. The van der Waals surface area contributed by atoms with E-state index in [9.17, 15) is 14.4 Å². The van der Waals surface area contributed by atoms with E-state index in [-0.39, 0.29) is 17.8 Å². The predicted molar refractivity (Wildman–Crippen MR) is 107 cm³/mol. The van der Waals surface area contributed by atoms with Crippen molar-refractivity contribution >= 4 is 28.7 Å². The second kappa shape index (κ2) is 6.93. The van der Waals surface area contributed by atoms with Crippen molar-refractivity contribution in [3.05, 3.63) is 62.4 Å². The second-order valence-electron chi connectivity index (χ2n) is 6.66. The number of aryl methyl sites for hydroxylation is 2. The van der Waals surface area contributed by atoms with E-state index in [1.54, 1.807) is 31.2 Å². The van der Waals surface area contributed by atoms with E-state index in [1.807, 2.05) is 0 Å². The molecule has 9 heteroatoms. The molecule has 0 radical (unpaired) electrons. The van der Waals surface area contributed by atoms with E-state index >= 15 is 0 Å². The molecule has 0 spiro atoms. The minimum Gasteiger partial charge on any atom is -0.454 e. The summed E-state index contributed by atoms with van der Waals surface area (Å²) in [7, 11) is 2.91. The number of rotatable bonds is 3. The number of anilines is 1.